The Kier molecular flexibility index (Phi) is 3.98. The van der Waals surface area contributed by atoms with Gasteiger partial charge in [0.05, 0.1) is 0 Å². The van der Waals surface area contributed by atoms with Gasteiger partial charge in [-0.25, -0.2) is 0 Å². The van der Waals surface area contributed by atoms with Crippen LogP contribution in [0.5, 0.6) is 0 Å². The first-order chi connectivity index (χ1) is 14.9. The highest BCUT2D eigenvalue weighted by Gasteiger charge is 2.35. The lowest BCUT2D eigenvalue weighted by molar-refractivity contribution is 0.659. The van der Waals surface area contributed by atoms with E-state index in [9.17, 15) is 0 Å². The standard InChI is InChI=1S/C30H26S/c1-18-5-9-22-23-11-7-20(16-27(23)30(3,4)26(22)13-18)15-21-8-12-25-24-10-6-19(2)14-28(24)31-29(25)17-21/h5-14,16-17H,15H2,1-4H3. The average molecular weight is 419 g/mol. The molecule has 1 heterocycles. The van der Waals surface area contributed by atoms with Crippen molar-refractivity contribution in [1.29, 1.82) is 0 Å². The Hall–Kier alpha value is -2.90. The van der Waals surface area contributed by atoms with E-state index in [2.05, 4.69) is 100 Å². The zero-order valence-corrected chi connectivity index (χ0v) is 19.4. The van der Waals surface area contributed by atoms with Gasteiger partial charge in [0.2, 0.25) is 0 Å². The van der Waals surface area contributed by atoms with Crippen molar-refractivity contribution < 1.29 is 0 Å². The van der Waals surface area contributed by atoms with E-state index in [1.165, 1.54) is 64.7 Å². The van der Waals surface area contributed by atoms with Crippen LogP contribution in [0.25, 0.3) is 31.3 Å². The third-order valence-electron chi connectivity index (χ3n) is 7.00. The van der Waals surface area contributed by atoms with Gasteiger partial charge >= 0.3 is 0 Å². The van der Waals surface area contributed by atoms with Gasteiger partial charge in [-0.3, -0.25) is 0 Å². The van der Waals surface area contributed by atoms with Gasteiger partial charge in [0.15, 0.2) is 0 Å². The van der Waals surface area contributed by atoms with E-state index in [-0.39, 0.29) is 5.41 Å². The molecule has 0 fully saturated rings. The van der Waals surface area contributed by atoms with E-state index in [0.717, 1.165) is 6.42 Å². The number of thiophene rings is 1. The monoisotopic (exact) mass is 418 g/mol. The fourth-order valence-corrected chi connectivity index (χ4v) is 6.55. The Bertz CT molecular complexity index is 1500. The molecule has 6 rings (SSSR count). The summed E-state index contributed by atoms with van der Waals surface area (Å²) in [5, 5.41) is 2.76. The minimum absolute atomic E-state index is 0.0555. The molecule has 0 aliphatic heterocycles. The van der Waals surface area contributed by atoms with Crippen molar-refractivity contribution in [3.05, 3.63) is 106 Å². The zero-order chi connectivity index (χ0) is 21.3. The molecule has 0 atom stereocenters. The molecule has 0 spiro atoms. The molecule has 152 valence electrons. The first kappa shape index (κ1) is 18.8. The van der Waals surface area contributed by atoms with E-state index < -0.39 is 0 Å². The van der Waals surface area contributed by atoms with Gasteiger partial charge in [-0.15, -0.1) is 11.3 Å². The lowest BCUT2D eigenvalue weighted by Gasteiger charge is -2.22. The molecule has 4 aromatic carbocycles. The van der Waals surface area contributed by atoms with Gasteiger partial charge in [0.1, 0.15) is 0 Å². The van der Waals surface area contributed by atoms with Crippen molar-refractivity contribution in [3.8, 4) is 11.1 Å². The Labute approximate surface area is 188 Å². The van der Waals surface area contributed by atoms with Gasteiger partial charge in [-0.05, 0) is 71.3 Å². The number of fused-ring (bicyclic) bond motifs is 6. The third-order valence-corrected chi connectivity index (χ3v) is 8.11. The topological polar surface area (TPSA) is 0 Å². The molecule has 31 heavy (non-hydrogen) atoms. The Morgan fingerprint density at radius 2 is 1.16 bits per heavy atom. The molecule has 1 heteroatoms. The van der Waals surface area contributed by atoms with Crippen molar-refractivity contribution >= 4 is 31.5 Å². The summed E-state index contributed by atoms with van der Waals surface area (Å²) in [6.07, 6.45) is 0.974. The first-order valence-electron chi connectivity index (χ1n) is 11.1. The summed E-state index contributed by atoms with van der Waals surface area (Å²) < 4.78 is 2.78. The number of benzene rings is 4. The molecule has 5 aromatic rings. The summed E-state index contributed by atoms with van der Waals surface area (Å²) in [6.45, 7) is 9.10. The molecule has 0 saturated heterocycles. The molecule has 0 amide bonds. The van der Waals surface area contributed by atoms with E-state index in [1.807, 2.05) is 11.3 Å². The number of aryl methyl sites for hydroxylation is 2. The minimum atomic E-state index is 0.0555. The summed E-state index contributed by atoms with van der Waals surface area (Å²) in [4.78, 5) is 0. The fraction of sp³-hybridized carbons (Fsp3) is 0.200. The van der Waals surface area contributed by atoms with Crippen LogP contribution in [0.2, 0.25) is 0 Å². The Balaban J connectivity index is 1.39. The van der Waals surface area contributed by atoms with Crippen LogP contribution in [0.4, 0.5) is 0 Å². The second-order valence-corrected chi connectivity index (χ2v) is 10.7. The quantitative estimate of drug-likeness (QED) is 0.269. The normalized spacial score (nSPS) is 14.2. The largest absolute Gasteiger partial charge is 0.135 e. The van der Waals surface area contributed by atoms with Crippen molar-refractivity contribution in [2.75, 3.05) is 0 Å². The van der Waals surface area contributed by atoms with E-state index >= 15 is 0 Å². The van der Waals surface area contributed by atoms with E-state index in [1.54, 1.807) is 0 Å². The molecule has 0 nitrogen and oxygen atoms in total. The van der Waals surface area contributed by atoms with Gasteiger partial charge in [-0.2, -0.15) is 0 Å². The van der Waals surface area contributed by atoms with Crippen LogP contribution in [0, 0.1) is 13.8 Å². The maximum absolute atomic E-state index is 2.45. The Morgan fingerprint density at radius 3 is 1.97 bits per heavy atom. The molecule has 0 saturated carbocycles. The van der Waals surface area contributed by atoms with Crippen molar-refractivity contribution in [2.24, 2.45) is 0 Å². The Morgan fingerprint density at radius 1 is 0.613 bits per heavy atom. The lowest BCUT2D eigenvalue weighted by Crippen LogP contribution is -2.15. The first-order valence-corrected chi connectivity index (χ1v) is 11.9. The summed E-state index contributed by atoms with van der Waals surface area (Å²) >= 11 is 1.91. The second-order valence-electron chi connectivity index (χ2n) is 9.66. The van der Waals surface area contributed by atoms with Gasteiger partial charge < -0.3 is 0 Å². The summed E-state index contributed by atoms with van der Waals surface area (Å²) in [5.41, 5.74) is 11.2. The molecule has 1 aromatic heterocycles. The summed E-state index contributed by atoms with van der Waals surface area (Å²) in [6, 6.07) is 27.8. The number of rotatable bonds is 2. The molecule has 0 N–H and O–H groups in total. The minimum Gasteiger partial charge on any atom is -0.135 e. The fourth-order valence-electron chi connectivity index (χ4n) is 5.28. The number of hydrogen-bond acceptors (Lipinski definition) is 1. The summed E-state index contributed by atoms with van der Waals surface area (Å²) in [5.74, 6) is 0. The zero-order valence-electron chi connectivity index (χ0n) is 18.5. The molecule has 1 aliphatic rings. The highest BCUT2D eigenvalue weighted by Crippen LogP contribution is 2.49. The highest BCUT2D eigenvalue weighted by molar-refractivity contribution is 7.25. The predicted molar refractivity (Wildman–Crippen MR) is 136 cm³/mol. The maximum atomic E-state index is 2.45. The molecule has 0 bridgehead atoms. The van der Waals surface area contributed by atoms with Crippen molar-refractivity contribution in [3.63, 3.8) is 0 Å². The van der Waals surface area contributed by atoms with E-state index in [4.69, 9.17) is 0 Å². The third kappa shape index (κ3) is 2.87. The lowest BCUT2D eigenvalue weighted by atomic mass is 9.81. The van der Waals surface area contributed by atoms with Crippen LogP contribution in [0.1, 0.15) is 47.2 Å². The van der Waals surface area contributed by atoms with Crippen LogP contribution < -0.4 is 0 Å². The smallest absolute Gasteiger partial charge is 0.0358 e. The highest BCUT2D eigenvalue weighted by atomic mass is 32.1. The molecule has 0 radical (unpaired) electrons. The van der Waals surface area contributed by atoms with Crippen molar-refractivity contribution in [1.82, 2.24) is 0 Å². The van der Waals surface area contributed by atoms with Gasteiger partial charge in [0, 0.05) is 25.6 Å². The SMILES string of the molecule is Cc1ccc2c(c1)C(C)(C)c1cc(Cc3ccc4c(c3)sc3cc(C)ccc34)ccc1-2. The second kappa shape index (κ2) is 6.55. The summed E-state index contributed by atoms with van der Waals surface area (Å²) in [7, 11) is 0. The molecular weight excluding hydrogens is 392 g/mol. The van der Waals surface area contributed by atoms with Gasteiger partial charge in [0.25, 0.3) is 0 Å². The molecule has 0 unspecified atom stereocenters. The van der Waals surface area contributed by atoms with Crippen LogP contribution >= 0.6 is 11.3 Å². The van der Waals surface area contributed by atoms with Crippen LogP contribution in [0.3, 0.4) is 0 Å². The predicted octanol–water partition coefficient (Wildman–Crippen LogP) is 8.57. The maximum Gasteiger partial charge on any atom is 0.0358 e. The molecule has 1 aliphatic carbocycles. The van der Waals surface area contributed by atoms with Crippen LogP contribution in [-0.4, -0.2) is 0 Å². The van der Waals surface area contributed by atoms with Crippen molar-refractivity contribution in [2.45, 2.75) is 39.5 Å². The van der Waals surface area contributed by atoms with Crippen LogP contribution in [0.15, 0.2) is 72.8 Å². The average Bonchev–Trinajstić information content (AvgIpc) is 3.20. The van der Waals surface area contributed by atoms with Gasteiger partial charge in [-0.1, -0.05) is 80.1 Å². The number of hydrogen-bond donors (Lipinski definition) is 0. The van der Waals surface area contributed by atoms with Crippen LogP contribution in [-0.2, 0) is 11.8 Å². The van der Waals surface area contributed by atoms with E-state index in [0.29, 0.717) is 0 Å². The molecular formula is C30H26S.